The van der Waals surface area contributed by atoms with E-state index in [-0.39, 0.29) is 12.4 Å². The number of thiazole rings is 1. The largest absolute Gasteiger partial charge is 0.466 e. The highest BCUT2D eigenvalue weighted by atomic mass is 32.1. The molecule has 0 unspecified atom stereocenters. The molecule has 0 fully saturated rings. The smallest absolute Gasteiger partial charge is 0.311 e. The van der Waals surface area contributed by atoms with E-state index in [0.717, 1.165) is 17.4 Å². The standard InChI is InChI=1S/C15H18N2O2S/c1-3-19-14(18)8-13-10-20-15(17-13)16-9-12-6-4-5-11(2)7-12/h4-7,10H,3,8-9H2,1-2H3,(H,16,17). The van der Waals surface area contributed by atoms with Gasteiger partial charge in [0.1, 0.15) is 0 Å². The predicted octanol–water partition coefficient (Wildman–Crippen LogP) is 3.17. The van der Waals surface area contributed by atoms with Crippen LogP contribution >= 0.6 is 11.3 Å². The molecule has 106 valence electrons. The van der Waals surface area contributed by atoms with Gasteiger partial charge in [-0.3, -0.25) is 4.79 Å². The van der Waals surface area contributed by atoms with E-state index in [0.29, 0.717) is 6.61 Å². The van der Waals surface area contributed by atoms with Gasteiger partial charge in [-0.05, 0) is 19.4 Å². The van der Waals surface area contributed by atoms with Gasteiger partial charge in [0.2, 0.25) is 0 Å². The molecule has 1 N–H and O–H groups in total. The molecule has 0 spiro atoms. The van der Waals surface area contributed by atoms with E-state index in [2.05, 4.69) is 35.4 Å². The number of hydrogen-bond donors (Lipinski definition) is 1. The van der Waals surface area contributed by atoms with Crippen LogP contribution in [0.2, 0.25) is 0 Å². The summed E-state index contributed by atoms with van der Waals surface area (Å²) in [5, 5.41) is 5.98. The fourth-order valence-electron chi connectivity index (χ4n) is 1.83. The topological polar surface area (TPSA) is 51.2 Å². The summed E-state index contributed by atoms with van der Waals surface area (Å²) in [4.78, 5) is 15.7. The highest BCUT2D eigenvalue weighted by molar-refractivity contribution is 7.13. The first-order valence-corrected chi connectivity index (χ1v) is 7.44. The van der Waals surface area contributed by atoms with Crippen LogP contribution < -0.4 is 5.32 Å². The van der Waals surface area contributed by atoms with Gasteiger partial charge in [0, 0.05) is 11.9 Å². The number of hydrogen-bond acceptors (Lipinski definition) is 5. The van der Waals surface area contributed by atoms with Crippen molar-refractivity contribution in [2.24, 2.45) is 0 Å². The van der Waals surface area contributed by atoms with Crippen molar-refractivity contribution in [1.29, 1.82) is 0 Å². The number of ether oxygens (including phenoxy) is 1. The lowest BCUT2D eigenvalue weighted by atomic mass is 10.1. The molecule has 0 aliphatic carbocycles. The second kappa shape index (κ2) is 7.05. The molecule has 1 aromatic carbocycles. The van der Waals surface area contributed by atoms with Crippen LogP contribution in [0.3, 0.4) is 0 Å². The molecule has 0 atom stereocenters. The molecule has 2 aromatic rings. The Morgan fingerprint density at radius 3 is 3.05 bits per heavy atom. The second-order valence-corrected chi connectivity index (χ2v) is 5.33. The Bertz CT molecular complexity index is 581. The SMILES string of the molecule is CCOC(=O)Cc1csc(NCc2cccc(C)c2)n1. The monoisotopic (exact) mass is 290 g/mol. The van der Waals surface area contributed by atoms with Crippen LogP contribution in [0.15, 0.2) is 29.6 Å². The molecule has 0 bridgehead atoms. The minimum atomic E-state index is -0.233. The number of benzene rings is 1. The molecule has 1 heterocycles. The Hall–Kier alpha value is -1.88. The third kappa shape index (κ3) is 4.35. The van der Waals surface area contributed by atoms with Crippen LogP contribution in [0.1, 0.15) is 23.7 Å². The summed E-state index contributed by atoms with van der Waals surface area (Å²) in [5.74, 6) is -0.233. The van der Waals surface area contributed by atoms with Crippen LogP contribution in [0.5, 0.6) is 0 Å². The van der Waals surface area contributed by atoms with Crippen molar-refractivity contribution in [1.82, 2.24) is 4.98 Å². The maximum atomic E-state index is 11.4. The van der Waals surface area contributed by atoms with Gasteiger partial charge in [-0.15, -0.1) is 11.3 Å². The van der Waals surface area contributed by atoms with Gasteiger partial charge in [-0.25, -0.2) is 4.98 Å². The molecule has 4 nitrogen and oxygen atoms in total. The lowest BCUT2D eigenvalue weighted by Crippen LogP contribution is -2.07. The van der Waals surface area contributed by atoms with E-state index >= 15 is 0 Å². The minimum Gasteiger partial charge on any atom is -0.466 e. The number of rotatable bonds is 6. The molecule has 5 heteroatoms. The van der Waals surface area contributed by atoms with E-state index < -0.39 is 0 Å². The highest BCUT2D eigenvalue weighted by Gasteiger charge is 2.08. The zero-order valence-corrected chi connectivity index (χ0v) is 12.5. The van der Waals surface area contributed by atoms with E-state index in [4.69, 9.17) is 4.74 Å². The molecule has 0 saturated heterocycles. The van der Waals surface area contributed by atoms with Gasteiger partial charge in [0.15, 0.2) is 5.13 Å². The quantitative estimate of drug-likeness (QED) is 0.830. The summed E-state index contributed by atoms with van der Waals surface area (Å²) in [6.45, 7) is 5.01. The number of nitrogens with one attached hydrogen (secondary N) is 1. The van der Waals surface area contributed by atoms with E-state index in [1.165, 1.54) is 22.5 Å². The van der Waals surface area contributed by atoms with Gasteiger partial charge in [0.25, 0.3) is 0 Å². The zero-order chi connectivity index (χ0) is 14.4. The van der Waals surface area contributed by atoms with Crippen molar-refractivity contribution in [2.75, 3.05) is 11.9 Å². The summed E-state index contributed by atoms with van der Waals surface area (Å²) >= 11 is 1.50. The van der Waals surface area contributed by atoms with Gasteiger partial charge in [-0.1, -0.05) is 29.8 Å². The molecule has 1 aromatic heterocycles. The van der Waals surface area contributed by atoms with Gasteiger partial charge >= 0.3 is 5.97 Å². The highest BCUT2D eigenvalue weighted by Crippen LogP contribution is 2.17. The summed E-state index contributed by atoms with van der Waals surface area (Å²) in [5.41, 5.74) is 3.21. The van der Waals surface area contributed by atoms with Crippen LogP contribution in [0.25, 0.3) is 0 Å². The normalized spacial score (nSPS) is 10.3. The summed E-state index contributed by atoms with van der Waals surface area (Å²) in [6.07, 6.45) is 0.233. The maximum Gasteiger partial charge on any atom is 0.311 e. The molecule has 0 radical (unpaired) electrons. The van der Waals surface area contributed by atoms with Crippen LogP contribution in [-0.2, 0) is 22.5 Å². The molecule has 2 rings (SSSR count). The van der Waals surface area contributed by atoms with Crippen molar-refractivity contribution in [2.45, 2.75) is 26.8 Å². The summed E-state index contributed by atoms with van der Waals surface area (Å²) in [6, 6.07) is 8.33. The molecule has 0 aliphatic rings. The Balaban J connectivity index is 1.88. The third-order valence-corrected chi connectivity index (χ3v) is 3.56. The van der Waals surface area contributed by atoms with E-state index in [9.17, 15) is 4.79 Å². The minimum absolute atomic E-state index is 0.233. The second-order valence-electron chi connectivity index (χ2n) is 4.47. The van der Waals surface area contributed by atoms with Gasteiger partial charge < -0.3 is 10.1 Å². The Labute approximate surface area is 122 Å². The number of nitrogens with zero attached hydrogens (tertiary/aromatic N) is 1. The van der Waals surface area contributed by atoms with Crippen LogP contribution in [0, 0.1) is 6.92 Å². The number of anilines is 1. The van der Waals surface area contributed by atoms with Crippen molar-refractivity contribution < 1.29 is 9.53 Å². The lowest BCUT2D eigenvalue weighted by Gasteiger charge is -2.03. The predicted molar refractivity (Wildman–Crippen MR) is 81.0 cm³/mol. The van der Waals surface area contributed by atoms with Crippen LogP contribution in [-0.4, -0.2) is 17.6 Å². The zero-order valence-electron chi connectivity index (χ0n) is 11.7. The first-order chi connectivity index (χ1) is 9.67. The maximum absolute atomic E-state index is 11.4. The number of esters is 1. The fraction of sp³-hybridized carbons (Fsp3) is 0.333. The van der Waals surface area contributed by atoms with Crippen molar-refractivity contribution in [3.63, 3.8) is 0 Å². The molecule has 20 heavy (non-hydrogen) atoms. The average Bonchev–Trinajstić information content (AvgIpc) is 2.84. The molecule has 0 saturated carbocycles. The Morgan fingerprint density at radius 1 is 1.45 bits per heavy atom. The molecular formula is C15H18N2O2S. The van der Waals surface area contributed by atoms with Crippen molar-refractivity contribution in [3.8, 4) is 0 Å². The Morgan fingerprint density at radius 2 is 2.30 bits per heavy atom. The number of carbonyl (C=O) groups is 1. The van der Waals surface area contributed by atoms with Crippen LogP contribution in [0.4, 0.5) is 5.13 Å². The summed E-state index contributed by atoms with van der Waals surface area (Å²) < 4.78 is 4.90. The summed E-state index contributed by atoms with van der Waals surface area (Å²) in [7, 11) is 0. The van der Waals surface area contributed by atoms with Crippen molar-refractivity contribution >= 4 is 22.4 Å². The molecule has 0 aliphatic heterocycles. The first kappa shape index (κ1) is 14.5. The van der Waals surface area contributed by atoms with Crippen molar-refractivity contribution in [3.05, 3.63) is 46.5 Å². The van der Waals surface area contributed by atoms with E-state index in [1.54, 1.807) is 6.92 Å². The number of aromatic nitrogens is 1. The number of carbonyl (C=O) groups excluding carboxylic acids is 1. The van der Waals surface area contributed by atoms with Gasteiger partial charge in [0.05, 0.1) is 18.7 Å². The number of aryl methyl sites for hydroxylation is 1. The Kier molecular flexibility index (Phi) is 5.12. The molecule has 0 amide bonds. The third-order valence-electron chi connectivity index (χ3n) is 2.71. The van der Waals surface area contributed by atoms with Gasteiger partial charge in [-0.2, -0.15) is 0 Å². The molecular weight excluding hydrogens is 272 g/mol. The fourth-order valence-corrected chi connectivity index (χ4v) is 2.54. The first-order valence-electron chi connectivity index (χ1n) is 6.57. The van der Waals surface area contributed by atoms with E-state index in [1.807, 2.05) is 11.4 Å². The lowest BCUT2D eigenvalue weighted by molar-refractivity contribution is -0.142. The average molecular weight is 290 g/mol.